The quantitative estimate of drug-likeness (QED) is 0.792. The van der Waals surface area contributed by atoms with Crippen molar-refractivity contribution in [2.75, 3.05) is 5.75 Å². The Hall–Kier alpha value is -0.410. The minimum atomic E-state index is 0.320. The molecule has 0 amide bonds. The summed E-state index contributed by atoms with van der Waals surface area (Å²) in [5, 5.41) is 0. The number of thioether (sulfide) groups is 1. The molecule has 1 unspecified atom stereocenters. The summed E-state index contributed by atoms with van der Waals surface area (Å²) in [6.45, 7) is 4.18. The van der Waals surface area contributed by atoms with Crippen LogP contribution in [-0.2, 0) is 5.75 Å². The van der Waals surface area contributed by atoms with Crippen molar-refractivity contribution in [3.05, 3.63) is 23.7 Å². The molecular formula is C10H17NOS. The Kier molecular flexibility index (Phi) is 4.39. The molecule has 13 heavy (non-hydrogen) atoms. The van der Waals surface area contributed by atoms with E-state index in [0.717, 1.165) is 23.7 Å². The molecule has 0 bridgehead atoms. The van der Waals surface area contributed by atoms with Gasteiger partial charge in [0.25, 0.3) is 0 Å². The van der Waals surface area contributed by atoms with Gasteiger partial charge in [-0.25, -0.2) is 0 Å². The molecule has 0 saturated carbocycles. The van der Waals surface area contributed by atoms with Gasteiger partial charge in [0.1, 0.15) is 5.76 Å². The summed E-state index contributed by atoms with van der Waals surface area (Å²) in [7, 11) is 0. The molecule has 1 aromatic rings. The van der Waals surface area contributed by atoms with Gasteiger partial charge in [0.2, 0.25) is 0 Å². The van der Waals surface area contributed by atoms with E-state index in [0.29, 0.717) is 6.04 Å². The van der Waals surface area contributed by atoms with E-state index in [9.17, 15) is 0 Å². The molecular weight excluding hydrogens is 182 g/mol. The maximum atomic E-state index is 5.80. The highest BCUT2D eigenvalue weighted by atomic mass is 32.2. The zero-order valence-electron chi connectivity index (χ0n) is 8.25. The van der Waals surface area contributed by atoms with E-state index in [1.807, 2.05) is 17.8 Å². The van der Waals surface area contributed by atoms with Gasteiger partial charge >= 0.3 is 0 Å². The Balaban J connectivity index is 2.24. The lowest BCUT2D eigenvalue weighted by molar-refractivity contribution is 0.527. The third-order valence-electron chi connectivity index (χ3n) is 2.06. The van der Waals surface area contributed by atoms with E-state index in [4.69, 9.17) is 10.2 Å². The standard InChI is InChI=1S/C10H17NOS/c1-3-9(11)6-13-7-10-8(2)4-5-12-10/h4-5,9H,3,6-7,11H2,1-2H3. The Morgan fingerprint density at radius 3 is 2.92 bits per heavy atom. The second-order valence-electron chi connectivity index (χ2n) is 3.21. The van der Waals surface area contributed by atoms with Crippen molar-refractivity contribution in [3.8, 4) is 0 Å². The maximum absolute atomic E-state index is 5.80. The molecule has 74 valence electrons. The van der Waals surface area contributed by atoms with Crippen molar-refractivity contribution in [1.29, 1.82) is 0 Å². The summed E-state index contributed by atoms with van der Waals surface area (Å²) in [5.74, 6) is 3.02. The zero-order chi connectivity index (χ0) is 9.68. The van der Waals surface area contributed by atoms with Gasteiger partial charge in [-0.3, -0.25) is 0 Å². The van der Waals surface area contributed by atoms with Crippen LogP contribution >= 0.6 is 11.8 Å². The predicted molar refractivity (Wildman–Crippen MR) is 57.9 cm³/mol. The molecule has 0 aliphatic carbocycles. The molecule has 1 aromatic heterocycles. The SMILES string of the molecule is CCC(N)CSCc1occc1C. The summed E-state index contributed by atoms with van der Waals surface area (Å²) in [6, 6.07) is 2.32. The van der Waals surface area contributed by atoms with Crippen molar-refractivity contribution in [3.63, 3.8) is 0 Å². The van der Waals surface area contributed by atoms with Crippen LogP contribution in [0, 0.1) is 6.92 Å². The van der Waals surface area contributed by atoms with Crippen LogP contribution < -0.4 is 5.73 Å². The number of hydrogen-bond donors (Lipinski definition) is 1. The molecule has 0 fully saturated rings. The fourth-order valence-electron chi connectivity index (χ4n) is 0.973. The van der Waals surface area contributed by atoms with Crippen molar-refractivity contribution in [1.82, 2.24) is 0 Å². The average molecular weight is 199 g/mol. The topological polar surface area (TPSA) is 39.2 Å². The van der Waals surface area contributed by atoms with Crippen LogP contribution in [0.3, 0.4) is 0 Å². The Morgan fingerprint density at radius 1 is 1.62 bits per heavy atom. The molecule has 0 aromatic carbocycles. The van der Waals surface area contributed by atoms with Crippen molar-refractivity contribution in [2.45, 2.75) is 32.1 Å². The lowest BCUT2D eigenvalue weighted by Gasteiger charge is -2.06. The largest absolute Gasteiger partial charge is 0.468 e. The molecule has 3 heteroatoms. The van der Waals surface area contributed by atoms with Crippen LogP contribution in [0.5, 0.6) is 0 Å². The first-order valence-corrected chi connectivity index (χ1v) is 5.75. The van der Waals surface area contributed by atoms with Crippen LogP contribution in [0.4, 0.5) is 0 Å². The van der Waals surface area contributed by atoms with E-state index >= 15 is 0 Å². The summed E-state index contributed by atoms with van der Waals surface area (Å²) in [6.07, 6.45) is 2.79. The van der Waals surface area contributed by atoms with Crippen LogP contribution in [0.25, 0.3) is 0 Å². The fourth-order valence-corrected chi connectivity index (χ4v) is 2.11. The normalized spacial score (nSPS) is 13.2. The van der Waals surface area contributed by atoms with Crippen LogP contribution in [0.15, 0.2) is 16.7 Å². The monoisotopic (exact) mass is 199 g/mol. The average Bonchev–Trinajstić information content (AvgIpc) is 2.52. The molecule has 0 spiro atoms. The van der Waals surface area contributed by atoms with Crippen molar-refractivity contribution in [2.24, 2.45) is 5.73 Å². The highest BCUT2D eigenvalue weighted by molar-refractivity contribution is 7.98. The van der Waals surface area contributed by atoms with Gasteiger partial charge in [-0.1, -0.05) is 6.92 Å². The van der Waals surface area contributed by atoms with Crippen LogP contribution in [0.1, 0.15) is 24.7 Å². The smallest absolute Gasteiger partial charge is 0.116 e. The van der Waals surface area contributed by atoms with Gasteiger partial charge < -0.3 is 10.2 Å². The molecule has 1 rings (SSSR count). The highest BCUT2D eigenvalue weighted by Gasteiger charge is 2.03. The van der Waals surface area contributed by atoms with Gasteiger partial charge in [-0.2, -0.15) is 11.8 Å². The first-order valence-electron chi connectivity index (χ1n) is 4.60. The van der Waals surface area contributed by atoms with E-state index in [-0.39, 0.29) is 0 Å². The van der Waals surface area contributed by atoms with Gasteiger partial charge in [0.05, 0.1) is 12.0 Å². The number of aryl methyl sites for hydroxylation is 1. The fraction of sp³-hybridized carbons (Fsp3) is 0.600. The molecule has 2 nitrogen and oxygen atoms in total. The number of hydrogen-bond acceptors (Lipinski definition) is 3. The molecule has 1 atom stereocenters. The Bertz CT molecular complexity index is 247. The van der Waals surface area contributed by atoms with Gasteiger partial charge in [0, 0.05) is 11.8 Å². The van der Waals surface area contributed by atoms with E-state index in [1.165, 1.54) is 5.56 Å². The van der Waals surface area contributed by atoms with Crippen molar-refractivity contribution < 1.29 is 4.42 Å². The molecule has 0 aliphatic rings. The predicted octanol–water partition coefficient (Wildman–Crippen LogP) is 2.56. The molecule has 0 radical (unpaired) electrons. The van der Waals surface area contributed by atoms with Gasteiger partial charge in [-0.05, 0) is 25.0 Å². The minimum Gasteiger partial charge on any atom is -0.468 e. The molecule has 2 N–H and O–H groups in total. The zero-order valence-corrected chi connectivity index (χ0v) is 9.06. The third kappa shape index (κ3) is 3.44. The second kappa shape index (κ2) is 5.35. The minimum absolute atomic E-state index is 0.320. The Morgan fingerprint density at radius 2 is 2.38 bits per heavy atom. The Labute approximate surface area is 83.9 Å². The maximum Gasteiger partial charge on any atom is 0.116 e. The molecule has 0 saturated heterocycles. The number of rotatable bonds is 5. The summed E-state index contributed by atoms with van der Waals surface area (Å²) in [5.41, 5.74) is 7.03. The van der Waals surface area contributed by atoms with E-state index in [1.54, 1.807) is 6.26 Å². The van der Waals surface area contributed by atoms with Crippen LogP contribution in [-0.4, -0.2) is 11.8 Å². The lowest BCUT2D eigenvalue weighted by atomic mass is 10.3. The third-order valence-corrected chi connectivity index (χ3v) is 3.19. The molecule has 1 heterocycles. The van der Waals surface area contributed by atoms with Crippen molar-refractivity contribution >= 4 is 11.8 Å². The van der Waals surface area contributed by atoms with E-state index < -0.39 is 0 Å². The summed E-state index contributed by atoms with van der Waals surface area (Å²) < 4.78 is 5.32. The highest BCUT2D eigenvalue weighted by Crippen LogP contribution is 2.17. The first kappa shape index (κ1) is 10.7. The van der Waals surface area contributed by atoms with Gasteiger partial charge in [-0.15, -0.1) is 0 Å². The summed E-state index contributed by atoms with van der Waals surface area (Å²) >= 11 is 1.84. The van der Waals surface area contributed by atoms with Gasteiger partial charge in [0.15, 0.2) is 0 Å². The summed E-state index contributed by atoms with van der Waals surface area (Å²) in [4.78, 5) is 0. The number of furan rings is 1. The van der Waals surface area contributed by atoms with E-state index in [2.05, 4.69) is 13.8 Å². The second-order valence-corrected chi connectivity index (χ2v) is 4.24. The molecule has 0 aliphatic heterocycles. The lowest BCUT2D eigenvalue weighted by Crippen LogP contribution is -2.21. The van der Waals surface area contributed by atoms with Crippen LogP contribution in [0.2, 0.25) is 0 Å². The first-order chi connectivity index (χ1) is 6.24. The number of nitrogens with two attached hydrogens (primary N) is 1.